The Hall–Kier alpha value is -1.02. The number of nitrogens with zero attached hydrogens (tertiary/aromatic N) is 1. The van der Waals surface area contributed by atoms with Gasteiger partial charge in [0.2, 0.25) is 0 Å². The number of aromatic amines is 1. The summed E-state index contributed by atoms with van der Waals surface area (Å²) in [6.07, 6.45) is 3.66. The third-order valence-electron chi connectivity index (χ3n) is 1.32. The van der Waals surface area contributed by atoms with Gasteiger partial charge in [0.15, 0.2) is 0 Å². The molecule has 0 radical (unpaired) electrons. The molecule has 0 amide bonds. The summed E-state index contributed by atoms with van der Waals surface area (Å²) in [6, 6.07) is 5.96. The lowest BCUT2D eigenvalue weighted by Crippen LogP contribution is -1.70. The van der Waals surface area contributed by atoms with Crippen LogP contribution in [0, 0.1) is 0 Å². The summed E-state index contributed by atoms with van der Waals surface area (Å²) in [6.45, 7) is 0. The minimum absolute atomic E-state index is 0. The zero-order chi connectivity index (χ0) is 6.10. The van der Waals surface area contributed by atoms with Crippen molar-refractivity contribution < 1.29 is 0 Å². The van der Waals surface area contributed by atoms with Crippen molar-refractivity contribution in [1.82, 2.24) is 9.97 Å². The summed E-state index contributed by atoms with van der Waals surface area (Å²) < 4.78 is 0. The van der Waals surface area contributed by atoms with Crippen molar-refractivity contribution in [3.05, 3.63) is 30.6 Å². The first-order valence-electron chi connectivity index (χ1n) is 2.85. The van der Waals surface area contributed by atoms with Gasteiger partial charge in [-0.25, -0.2) is 4.98 Å². The van der Waals surface area contributed by atoms with Gasteiger partial charge in [-0.2, -0.15) is 0 Å². The Labute approximate surface area is 64.7 Å². The number of H-pyrrole nitrogens is 1. The van der Waals surface area contributed by atoms with Gasteiger partial charge in [0.1, 0.15) is 5.65 Å². The summed E-state index contributed by atoms with van der Waals surface area (Å²) in [5.41, 5.74) is 0.956. The fourth-order valence-electron chi connectivity index (χ4n) is 0.883. The summed E-state index contributed by atoms with van der Waals surface area (Å²) in [5, 5.41) is 1.16. The molecule has 0 atom stereocenters. The van der Waals surface area contributed by atoms with Crippen molar-refractivity contribution in [1.29, 1.82) is 0 Å². The molecule has 0 spiro atoms. The van der Waals surface area contributed by atoms with Crippen LogP contribution in [-0.2, 0) is 0 Å². The van der Waals surface area contributed by atoms with Crippen LogP contribution in [0.4, 0.5) is 0 Å². The SMILES string of the molecule is Cl.c1cnc2[nH]ccc2c1. The van der Waals surface area contributed by atoms with Crippen LogP contribution in [0.2, 0.25) is 0 Å². The van der Waals surface area contributed by atoms with Gasteiger partial charge in [-0.15, -0.1) is 12.4 Å². The van der Waals surface area contributed by atoms with Gasteiger partial charge in [-0.1, -0.05) is 0 Å². The summed E-state index contributed by atoms with van der Waals surface area (Å²) in [5.74, 6) is 0. The molecule has 1 N–H and O–H groups in total. The molecule has 0 unspecified atom stereocenters. The predicted octanol–water partition coefficient (Wildman–Crippen LogP) is 1.98. The van der Waals surface area contributed by atoms with Gasteiger partial charge in [0.25, 0.3) is 0 Å². The lowest BCUT2D eigenvalue weighted by molar-refractivity contribution is 1.33. The maximum Gasteiger partial charge on any atom is 0.137 e. The van der Waals surface area contributed by atoms with Crippen molar-refractivity contribution in [3.63, 3.8) is 0 Å². The smallest absolute Gasteiger partial charge is 0.137 e. The highest BCUT2D eigenvalue weighted by molar-refractivity contribution is 5.85. The Balaban J connectivity index is 0.000000500. The molecule has 2 heterocycles. The van der Waals surface area contributed by atoms with E-state index in [4.69, 9.17) is 0 Å². The van der Waals surface area contributed by atoms with E-state index in [9.17, 15) is 0 Å². The maximum absolute atomic E-state index is 4.09. The Morgan fingerprint density at radius 3 is 3.00 bits per heavy atom. The lowest BCUT2D eigenvalue weighted by atomic mass is 10.3. The number of rotatable bonds is 0. The number of hydrogen-bond acceptors (Lipinski definition) is 1. The molecule has 0 fully saturated rings. The maximum atomic E-state index is 4.09. The van der Waals surface area contributed by atoms with E-state index >= 15 is 0 Å². The van der Waals surface area contributed by atoms with Gasteiger partial charge in [0.05, 0.1) is 0 Å². The minimum Gasteiger partial charge on any atom is -0.346 e. The molecule has 52 valence electrons. The Morgan fingerprint density at radius 1 is 1.30 bits per heavy atom. The lowest BCUT2D eigenvalue weighted by Gasteiger charge is -1.82. The molecule has 0 aliphatic heterocycles. The molecule has 0 saturated carbocycles. The molecule has 0 bridgehead atoms. The van der Waals surface area contributed by atoms with Crippen LogP contribution in [-0.4, -0.2) is 9.97 Å². The normalized spacial score (nSPS) is 9.20. The first kappa shape index (κ1) is 7.09. The molecule has 0 aliphatic carbocycles. The standard InChI is InChI=1S/C7H6N2.ClH/c1-2-6-3-5-9-7(6)8-4-1;/h1-5H,(H,8,9);1H. The van der Waals surface area contributed by atoms with E-state index in [0.717, 1.165) is 11.0 Å². The van der Waals surface area contributed by atoms with E-state index in [0.29, 0.717) is 0 Å². The van der Waals surface area contributed by atoms with E-state index in [-0.39, 0.29) is 12.4 Å². The molecular formula is C7H7ClN2. The summed E-state index contributed by atoms with van der Waals surface area (Å²) in [4.78, 5) is 7.09. The van der Waals surface area contributed by atoms with Gasteiger partial charge >= 0.3 is 0 Å². The van der Waals surface area contributed by atoms with Crippen molar-refractivity contribution in [3.8, 4) is 0 Å². The van der Waals surface area contributed by atoms with Crippen LogP contribution >= 0.6 is 12.4 Å². The molecule has 2 nitrogen and oxygen atoms in total. The van der Waals surface area contributed by atoms with E-state index < -0.39 is 0 Å². The second-order valence-corrected chi connectivity index (χ2v) is 1.92. The second-order valence-electron chi connectivity index (χ2n) is 1.92. The zero-order valence-electron chi connectivity index (χ0n) is 5.24. The van der Waals surface area contributed by atoms with Crippen LogP contribution in [0.25, 0.3) is 11.0 Å². The third kappa shape index (κ3) is 0.977. The molecular weight excluding hydrogens is 148 g/mol. The van der Waals surface area contributed by atoms with E-state index in [2.05, 4.69) is 9.97 Å². The van der Waals surface area contributed by atoms with Crippen LogP contribution in [0.1, 0.15) is 0 Å². The third-order valence-corrected chi connectivity index (χ3v) is 1.32. The highest BCUT2D eigenvalue weighted by atomic mass is 35.5. The fraction of sp³-hybridized carbons (Fsp3) is 0. The minimum atomic E-state index is 0. The quantitative estimate of drug-likeness (QED) is 0.618. The van der Waals surface area contributed by atoms with Gasteiger partial charge in [-0.05, 0) is 18.2 Å². The number of halogens is 1. The molecule has 2 aromatic rings. The van der Waals surface area contributed by atoms with Crippen molar-refractivity contribution in [2.75, 3.05) is 0 Å². The van der Waals surface area contributed by atoms with Crippen LogP contribution in [0.3, 0.4) is 0 Å². The predicted molar refractivity (Wildman–Crippen MR) is 43.3 cm³/mol. The second kappa shape index (κ2) is 2.71. The Kier molecular flexibility index (Phi) is 1.92. The highest BCUT2D eigenvalue weighted by Crippen LogP contribution is 2.05. The van der Waals surface area contributed by atoms with Crippen molar-refractivity contribution >= 4 is 23.4 Å². The van der Waals surface area contributed by atoms with Gasteiger partial charge < -0.3 is 4.98 Å². The topological polar surface area (TPSA) is 28.7 Å². The first-order chi connectivity index (χ1) is 4.47. The number of pyridine rings is 1. The molecule has 0 aromatic carbocycles. The molecule has 2 rings (SSSR count). The van der Waals surface area contributed by atoms with Crippen molar-refractivity contribution in [2.45, 2.75) is 0 Å². The average molecular weight is 155 g/mol. The van der Waals surface area contributed by atoms with Crippen molar-refractivity contribution in [2.24, 2.45) is 0 Å². The Morgan fingerprint density at radius 2 is 2.20 bits per heavy atom. The molecule has 0 saturated heterocycles. The van der Waals surface area contributed by atoms with E-state index in [1.165, 1.54) is 0 Å². The monoisotopic (exact) mass is 154 g/mol. The number of nitrogens with one attached hydrogen (secondary N) is 1. The van der Waals surface area contributed by atoms with E-state index in [1.807, 2.05) is 24.4 Å². The summed E-state index contributed by atoms with van der Waals surface area (Å²) in [7, 11) is 0. The van der Waals surface area contributed by atoms with Crippen LogP contribution < -0.4 is 0 Å². The van der Waals surface area contributed by atoms with Gasteiger partial charge in [-0.3, -0.25) is 0 Å². The van der Waals surface area contributed by atoms with Gasteiger partial charge in [0, 0.05) is 17.8 Å². The summed E-state index contributed by atoms with van der Waals surface area (Å²) >= 11 is 0. The first-order valence-corrected chi connectivity index (χ1v) is 2.85. The molecule has 2 aromatic heterocycles. The number of aromatic nitrogens is 2. The number of fused-ring (bicyclic) bond motifs is 1. The molecule has 0 aliphatic rings. The average Bonchev–Trinajstić information content (AvgIpc) is 2.33. The zero-order valence-corrected chi connectivity index (χ0v) is 6.06. The molecule has 10 heavy (non-hydrogen) atoms. The van der Waals surface area contributed by atoms with Crippen LogP contribution in [0.5, 0.6) is 0 Å². The van der Waals surface area contributed by atoms with Crippen LogP contribution in [0.15, 0.2) is 30.6 Å². The largest absolute Gasteiger partial charge is 0.346 e. The Bertz CT molecular complexity index is 286. The molecule has 3 heteroatoms. The fourth-order valence-corrected chi connectivity index (χ4v) is 0.883. The van der Waals surface area contributed by atoms with E-state index in [1.54, 1.807) is 6.20 Å². The highest BCUT2D eigenvalue weighted by Gasteiger charge is 1.88. The number of hydrogen-bond donors (Lipinski definition) is 1.